The van der Waals surface area contributed by atoms with E-state index in [1.165, 1.54) is 5.56 Å². The van der Waals surface area contributed by atoms with Gasteiger partial charge in [-0.05, 0) is 25.0 Å². The molecule has 1 atom stereocenters. The van der Waals surface area contributed by atoms with Gasteiger partial charge in [-0.1, -0.05) is 30.3 Å². The molecule has 0 aliphatic carbocycles. The average Bonchev–Trinajstić information content (AvgIpc) is 3.14. The number of amides is 1. The predicted molar refractivity (Wildman–Crippen MR) is 93.1 cm³/mol. The summed E-state index contributed by atoms with van der Waals surface area (Å²) in [6.07, 6.45) is 1.27. The Bertz CT molecular complexity index is 735. The Morgan fingerprint density at radius 2 is 2.08 bits per heavy atom. The van der Waals surface area contributed by atoms with E-state index < -0.39 is 5.97 Å². The van der Waals surface area contributed by atoms with Gasteiger partial charge in [-0.25, -0.2) is 4.79 Å². The molecule has 0 bridgehead atoms. The Labute approximate surface area is 147 Å². The Morgan fingerprint density at radius 1 is 1.32 bits per heavy atom. The van der Waals surface area contributed by atoms with Crippen molar-refractivity contribution in [2.45, 2.75) is 19.8 Å². The van der Waals surface area contributed by atoms with Crippen LogP contribution in [0.4, 0.5) is 0 Å². The summed E-state index contributed by atoms with van der Waals surface area (Å²) >= 11 is 0. The van der Waals surface area contributed by atoms with Gasteiger partial charge in [0.1, 0.15) is 0 Å². The Morgan fingerprint density at radius 3 is 2.76 bits per heavy atom. The third-order valence-corrected chi connectivity index (χ3v) is 4.58. The summed E-state index contributed by atoms with van der Waals surface area (Å²) in [4.78, 5) is 26.0. The zero-order valence-electron chi connectivity index (χ0n) is 14.6. The molecule has 1 saturated heterocycles. The third-order valence-electron chi connectivity index (χ3n) is 4.58. The minimum absolute atomic E-state index is 0.0528. The number of aromatic nitrogens is 2. The summed E-state index contributed by atoms with van der Waals surface area (Å²) < 4.78 is 6.99. The molecule has 6 nitrogen and oxygen atoms in total. The molecule has 1 aliphatic rings. The number of hydrogen-bond acceptors (Lipinski definition) is 4. The number of carbonyl (C=O) groups is 2. The van der Waals surface area contributed by atoms with Gasteiger partial charge in [0.25, 0.3) is 0 Å². The van der Waals surface area contributed by atoms with Crippen LogP contribution in [-0.2, 0) is 23.0 Å². The highest BCUT2D eigenvalue weighted by Gasteiger charge is 2.30. The van der Waals surface area contributed by atoms with Gasteiger partial charge in [0.05, 0.1) is 6.61 Å². The number of esters is 1. The first kappa shape index (κ1) is 17.2. The van der Waals surface area contributed by atoms with Crippen LogP contribution in [0, 0.1) is 12.8 Å². The summed E-state index contributed by atoms with van der Waals surface area (Å²) in [7, 11) is 1.78. The molecule has 25 heavy (non-hydrogen) atoms. The second-order valence-corrected chi connectivity index (χ2v) is 6.54. The van der Waals surface area contributed by atoms with E-state index in [1.807, 2.05) is 30.0 Å². The lowest BCUT2D eigenvalue weighted by molar-refractivity contribution is -0.127. The van der Waals surface area contributed by atoms with E-state index in [-0.39, 0.29) is 18.4 Å². The number of nitrogens with zero attached hydrogens (tertiary/aromatic N) is 3. The van der Waals surface area contributed by atoms with Gasteiger partial charge in [-0.15, -0.1) is 0 Å². The number of benzene rings is 1. The van der Waals surface area contributed by atoms with Crippen LogP contribution in [0.5, 0.6) is 0 Å². The highest BCUT2D eigenvalue weighted by Crippen LogP contribution is 2.19. The lowest BCUT2D eigenvalue weighted by Crippen LogP contribution is -2.28. The first-order valence-corrected chi connectivity index (χ1v) is 8.52. The molecule has 3 rings (SSSR count). The highest BCUT2D eigenvalue weighted by molar-refractivity contribution is 5.87. The minimum atomic E-state index is -0.432. The molecule has 6 heteroatoms. The Balaban J connectivity index is 1.46. The van der Waals surface area contributed by atoms with Gasteiger partial charge in [0, 0.05) is 38.2 Å². The predicted octanol–water partition coefficient (Wildman–Crippen LogP) is 1.98. The van der Waals surface area contributed by atoms with Crippen LogP contribution in [0.25, 0.3) is 0 Å². The Hall–Kier alpha value is -2.63. The molecule has 1 aromatic carbocycles. The number of carbonyl (C=O) groups excluding carboxylic acids is 2. The van der Waals surface area contributed by atoms with Crippen LogP contribution in [0.2, 0.25) is 0 Å². The van der Waals surface area contributed by atoms with Crippen LogP contribution >= 0.6 is 0 Å². The van der Waals surface area contributed by atoms with Crippen molar-refractivity contribution < 1.29 is 14.3 Å². The maximum atomic E-state index is 12.1. The third kappa shape index (κ3) is 4.26. The molecule has 2 heterocycles. The Kier molecular flexibility index (Phi) is 5.16. The topological polar surface area (TPSA) is 64.4 Å². The van der Waals surface area contributed by atoms with Crippen molar-refractivity contribution in [3.63, 3.8) is 0 Å². The fourth-order valence-electron chi connectivity index (χ4n) is 3.02. The van der Waals surface area contributed by atoms with Crippen LogP contribution < -0.4 is 0 Å². The fraction of sp³-hybridized carbons (Fsp3) is 0.421. The van der Waals surface area contributed by atoms with E-state index in [0.29, 0.717) is 25.2 Å². The molecule has 0 saturated carbocycles. The van der Waals surface area contributed by atoms with Crippen LogP contribution in [-0.4, -0.2) is 46.3 Å². The van der Waals surface area contributed by atoms with Crippen molar-refractivity contribution in [1.82, 2.24) is 14.7 Å². The van der Waals surface area contributed by atoms with Gasteiger partial charge < -0.3 is 9.64 Å². The molecular weight excluding hydrogens is 318 g/mol. The van der Waals surface area contributed by atoms with Crippen molar-refractivity contribution in [2.24, 2.45) is 13.0 Å². The van der Waals surface area contributed by atoms with Gasteiger partial charge in [0.15, 0.2) is 5.69 Å². The van der Waals surface area contributed by atoms with E-state index in [1.54, 1.807) is 17.8 Å². The molecular formula is C19H23N3O3. The summed E-state index contributed by atoms with van der Waals surface area (Å²) in [6.45, 7) is 3.47. The quantitative estimate of drug-likeness (QED) is 0.754. The molecule has 1 unspecified atom stereocenters. The average molecular weight is 341 g/mol. The number of ether oxygens (including phenoxy) is 1. The monoisotopic (exact) mass is 341 g/mol. The van der Waals surface area contributed by atoms with E-state index in [9.17, 15) is 9.59 Å². The van der Waals surface area contributed by atoms with Gasteiger partial charge in [0.2, 0.25) is 5.91 Å². The van der Waals surface area contributed by atoms with Crippen molar-refractivity contribution in [3.05, 3.63) is 53.3 Å². The first-order valence-electron chi connectivity index (χ1n) is 8.52. The van der Waals surface area contributed by atoms with Crippen molar-refractivity contribution in [2.75, 3.05) is 19.7 Å². The molecule has 0 spiro atoms. The molecule has 1 fully saturated rings. The van der Waals surface area contributed by atoms with Crippen molar-refractivity contribution >= 4 is 11.9 Å². The van der Waals surface area contributed by atoms with Crippen molar-refractivity contribution in [3.8, 4) is 0 Å². The number of rotatable bonds is 6. The van der Waals surface area contributed by atoms with Crippen LogP contribution in [0.15, 0.2) is 36.4 Å². The van der Waals surface area contributed by atoms with Crippen LogP contribution in [0.1, 0.15) is 28.2 Å². The normalized spacial score (nSPS) is 17.1. The van der Waals surface area contributed by atoms with Gasteiger partial charge >= 0.3 is 5.97 Å². The maximum absolute atomic E-state index is 12.1. The SMILES string of the molecule is Cc1cc(C(=O)OCC2CC(=O)N(CCc3ccccc3)C2)nn1C. The van der Waals surface area contributed by atoms with Crippen LogP contribution in [0.3, 0.4) is 0 Å². The smallest absolute Gasteiger partial charge is 0.358 e. The van der Waals surface area contributed by atoms with E-state index in [2.05, 4.69) is 17.2 Å². The summed E-state index contributed by atoms with van der Waals surface area (Å²) in [5.41, 5.74) is 2.43. The summed E-state index contributed by atoms with van der Waals surface area (Å²) in [6, 6.07) is 11.8. The lowest BCUT2D eigenvalue weighted by atomic mass is 10.1. The fourth-order valence-corrected chi connectivity index (χ4v) is 3.02. The maximum Gasteiger partial charge on any atom is 0.358 e. The van der Waals surface area contributed by atoms with E-state index >= 15 is 0 Å². The van der Waals surface area contributed by atoms with Crippen molar-refractivity contribution in [1.29, 1.82) is 0 Å². The molecule has 132 valence electrons. The minimum Gasteiger partial charge on any atom is -0.461 e. The van der Waals surface area contributed by atoms with E-state index in [4.69, 9.17) is 4.74 Å². The zero-order valence-corrected chi connectivity index (χ0v) is 14.6. The lowest BCUT2D eigenvalue weighted by Gasteiger charge is -2.16. The number of aryl methyl sites for hydroxylation is 2. The second-order valence-electron chi connectivity index (χ2n) is 6.54. The largest absolute Gasteiger partial charge is 0.461 e. The van der Waals surface area contributed by atoms with E-state index in [0.717, 1.165) is 12.1 Å². The molecule has 2 aromatic rings. The van der Waals surface area contributed by atoms with Gasteiger partial charge in [-0.3, -0.25) is 9.48 Å². The summed E-state index contributed by atoms with van der Waals surface area (Å²) in [5.74, 6) is -0.249. The molecule has 0 radical (unpaired) electrons. The molecule has 1 aromatic heterocycles. The molecule has 1 amide bonds. The standard InChI is InChI=1S/C19H23N3O3/c1-14-10-17(20-21(14)2)19(24)25-13-16-11-18(23)22(12-16)9-8-15-6-4-3-5-7-15/h3-7,10,16H,8-9,11-13H2,1-2H3. The summed E-state index contributed by atoms with van der Waals surface area (Å²) in [5, 5.41) is 4.11. The highest BCUT2D eigenvalue weighted by atomic mass is 16.5. The first-order chi connectivity index (χ1) is 12.0. The molecule has 1 aliphatic heterocycles. The van der Waals surface area contributed by atoms with Gasteiger partial charge in [-0.2, -0.15) is 5.10 Å². The second kappa shape index (κ2) is 7.51. The number of hydrogen-bond donors (Lipinski definition) is 0. The zero-order chi connectivity index (χ0) is 17.8. The molecule has 0 N–H and O–H groups in total. The number of likely N-dealkylation sites (tertiary alicyclic amines) is 1.